The number of hydroxylamine groups is 4. The summed E-state index contributed by atoms with van der Waals surface area (Å²) < 4.78 is 0. The first kappa shape index (κ1) is 29.9. The van der Waals surface area contributed by atoms with Crippen molar-refractivity contribution in [1.29, 1.82) is 0 Å². The van der Waals surface area contributed by atoms with E-state index in [0.29, 0.717) is 22.9 Å². The Balaban J connectivity index is 0.000000165. The van der Waals surface area contributed by atoms with Crippen molar-refractivity contribution in [3.8, 4) is 0 Å². The molecule has 6 rings (SSSR count). The molecule has 2 aromatic carbocycles. The molecule has 2 unspecified atom stereocenters. The molecule has 0 radical (unpaired) electrons. The number of fused-ring (bicyclic) bond motifs is 2. The molecular weight excluding hydrogens is 634 g/mol. The van der Waals surface area contributed by atoms with E-state index in [1.165, 1.54) is 0 Å². The Morgan fingerprint density at radius 1 is 0.744 bits per heavy atom. The number of carbonyl (C=O) groups excluding carboxylic acids is 2. The summed E-state index contributed by atoms with van der Waals surface area (Å²) in [5, 5.41) is 3.96. The van der Waals surface area contributed by atoms with Crippen LogP contribution in [0.5, 0.6) is 0 Å². The second kappa shape index (κ2) is 12.6. The minimum atomic E-state index is -0.106. The summed E-state index contributed by atoms with van der Waals surface area (Å²) in [6, 6.07) is 14.6. The van der Waals surface area contributed by atoms with E-state index in [0.717, 1.165) is 49.4 Å². The van der Waals surface area contributed by atoms with E-state index in [2.05, 4.69) is 37.7 Å². The normalized spacial score (nSPS) is 24.1. The number of rotatable bonds is 4. The summed E-state index contributed by atoms with van der Waals surface area (Å²) >= 11 is -0.106. The van der Waals surface area contributed by atoms with Crippen molar-refractivity contribution in [1.82, 2.24) is 10.1 Å². The molecule has 0 spiro atoms. The third-order valence-electron chi connectivity index (χ3n) is 7.25. The molecule has 0 aliphatic carbocycles. The predicted octanol–water partition coefficient (Wildman–Crippen LogP) is 6.16. The third-order valence-corrected chi connectivity index (χ3v) is 7.25. The van der Waals surface area contributed by atoms with Crippen molar-refractivity contribution in [2.45, 2.75) is 76.8 Å². The number of hydrogen-bond acceptors (Lipinski definition) is 8. The fourth-order valence-electron chi connectivity index (χ4n) is 5.00. The fraction of sp³-hybridized carbons (Fsp3) is 0.429. The first-order valence-electron chi connectivity index (χ1n) is 12.7. The third kappa shape index (κ3) is 6.79. The number of carbonyl (C=O) groups is 2. The van der Waals surface area contributed by atoms with Crippen LogP contribution >= 0.6 is 19.1 Å². The summed E-state index contributed by atoms with van der Waals surface area (Å²) in [6.07, 6.45) is 6.20. The van der Waals surface area contributed by atoms with Gasteiger partial charge < -0.3 is 9.68 Å². The van der Waals surface area contributed by atoms with Crippen LogP contribution in [0.2, 0.25) is 0 Å². The predicted molar refractivity (Wildman–Crippen MR) is 148 cm³/mol. The maximum atomic E-state index is 10.6. The molecule has 2 aromatic rings. The van der Waals surface area contributed by atoms with Gasteiger partial charge in [-0.1, -0.05) is 24.3 Å². The van der Waals surface area contributed by atoms with E-state index in [4.69, 9.17) is 28.7 Å². The molecule has 39 heavy (non-hydrogen) atoms. The van der Waals surface area contributed by atoms with Gasteiger partial charge in [-0.05, 0) is 77.6 Å². The Hall–Kier alpha value is -2.12. The average Bonchev–Trinajstić information content (AvgIpc) is 3.69. The van der Waals surface area contributed by atoms with Crippen molar-refractivity contribution in [3.05, 3.63) is 70.8 Å². The zero-order valence-corrected chi connectivity index (χ0v) is 25.3. The Kier molecular flexibility index (Phi) is 9.64. The topological polar surface area (TPSA) is 83.8 Å². The molecule has 4 aliphatic rings. The van der Waals surface area contributed by atoms with Gasteiger partial charge in [0.15, 0.2) is 0 Å². The van der Waals surface area contributed by atoms with Gasteiger partial charge in [0.25, 0.3) is 0 Å². The van der Waals surface area contributed by atoms with Gasteiger partial charge in [0.2, 0.25) is 11.8 Å². The van der Waals surface area contributed by atoms with Gasteiger partial charge in [-0.2, -0.15) is 0 Å². The van der Waals surface area contributed by atoms with Crippen molar-refractivity contribution in [2.24, 2.45) is 9.98 Å². The van der Waals surface area contributed by atoms with E-state index >= 15 is 0 Å². The van der Waals surface area contributed by atoms with Crippen molar-refractivity contribution in [3.63, 3.8) is 0 Å². The molecule has 212 valence electrons. The molecule has 8 nitrogen and oxygen atoms in total. The Bertz CT molecular complexity index is 1140. The number of aliphatic imine (C=N–C) groups is 2. The molecule has 0 aromatic heterocycles. The van der Waals surface area contributed by atoms with Gasteiger partial charge >= 0.3 is 35.0 Å². The van der Waals surface area contributed by atoms with Gasteiger partial charge in [0, 0.05) is 22.3 Å². The first-order valence-corrected chi connectivity index (χ1v) is 16.7. The number of hydrogen-bond donors (Lipinski definition) is 0. The standard InChI is InChI=1S/2C14H16N2O2.2ClH.Pd/c2*1-14(2)8-7-12-15-13(18-16(12)14)11-5-3-10(9-17)4-6-11;;;/h2*3-6,9,12H,7-8H2,1-2H3;2*1H;/q;;;;+2/p-2. The molecule has 2 fully saturated rings. The Labute approximate surface area is 245 Å². The second-order valence-electron chi connectivity index (χ2n) is 10.9. The minimum absolute atomic E-state index is 0.0403. The molecule has 0 N–H and O–H groups in total. The van der Waals surface area contributed by atoms with Crippen LogP contribution in [0.1, 0.15) is 85.2 Å². The molecule has 4 heterocycles. The van der Waals surface area contributed by atoms with E-state index in [1.54, 1.807) is 24.3 Å². The van der Waals surface area contributed by atoms with E-state index in [9.17, 15) is 9.59 Å². The summed E-state index contributed by atoms with van der Waals surface area (Å²) in [6.45, 7) is 8.67. The van der Waals surface area contributed by atoms with Gasteiger partial charge in [-0.15, -0.1) is 10.1 Å². The van der Waals surface area contributed by atoms with E-state index in [-0.39, 0.29) is 39.3 Å². The van der Waals surface area contributed by atoms with Crippen LogP contribution < -0.4 is 0 Å². The van der Waals surface area contributed by atoms with Crippen LogP contribution in [0.15, 0.2) is 58.5 Å². The summed E-state index contributed by atoms with van der Waals surface area (Å²) in [5.74, 6) is 1.32. The second-order valence-corrected chi connectivity index (χ2v) is 13.3. The van der Waals surface area contributed by atoms with Crippen LogP contribution in [0.3, 0.4) is 0 Å². The number of nitrogens with zero attached hydrogens (tertiary/aromatic N) is 4. The monoisotopic (exact) mass is 664 g/mol. The molecule has 0 bridgehead atoms. The van der Waals surface area contributed by atoms with Crippen molar-refractivity contribution >= 4 is 43.4 Å². The quantitative estimate of drug-likeness (QED) is 0.288. The molecular formula is C28H32Cl2N4O4Pd. The maximum absolute atomic E-state index is 10.6. The van der Waals surface area contributed by atoms with Gasteiger partial charge in [-0.3, -0.25) is 9.59 Å². The molecule has 11 heteroatoms. The summed E-state index contributed by atoms with van der Waals surface area (Å²) in [7, 11) is 9.63. The van der Waals surface area contributed by atoms with Crippen LogP contribution in [0.4, 0.5) is 0 Å². The molecule has 2 atom stereocenters. The number of benzene rings is 2. The first-order chi connectivity index (χ1) is 18.6. The summed E-state index contributed by atoms with van der Waals surface area (Å²) in [4.78, 5) is 42.1. The van der Waals surface area contributed by atoms with Gasteiger partial charge in [0.1, 0.15) is 24.9 Å². The zero-order valence-electron chi connectivity index (χ0n) is 22.3. The zero-order chi connectivity index (χ0) is 28.2. The SMILES string of the molecule is CC1(C)CCC2N=C(c3ccc(C=O)cc3)ON21.CC1(C)CCC2N=C(c3ccc(C=O)cc3)ON21.[Cl][Pd][Cl]. The number of halogens is 2. The van der Waals surface area contributed by atoms with Crippen molar-refractivity contribution < 1.29 is 35.2 Å². The van der Waals surface area contributed by atoms with Crippen LogP contribution in [-0.2, 0) is 25.6 Å². The molecule has 0 saturated carbocycles. The fourth-order valence-corrected chi connectivity index (χ4v) is 5.00. The van der Waals surface area contributed by atoms with E-state index < -0.39 is 0 Å². The van der Waals surface area contributed by atoms with Crippen molar-refractivity contribution in [2.75, 3.05) is 0 Å². The van der Waals surface area contributed by atoms with Crippen LogP contribution in [0.25, 0.3) is 0 Å². The average molecular weight is 666 g/mol. The van der Waals surface area contributed by atoms with Gasteiger partial charge in [-0.25, -0.2) is 9.98 Å². The molecule has 2 saturated heterocycles. The van der Waals surface area contributed by atoms with E-state index in [1.807, 2.05) is 34.4 Å². The summed E-state index contributed by atoms with van der Waals surface area (Å²) in [5.41, 5.74) is 3.25. The molecule has 0 amide bonds. The number of aldehydes is 2. The Morgan fingerprint density at radius 2 is 1.08 bits per heavy atom. The van der Waals surface area contributed by atoms with Crippen LogP contribution in [-0.4, -0.2) is 57.9 Å². The van der Waals surface area contributed by atoms with Gasteiger partial charge in [0.05, 0.1) is 11.1 Å². The molecule has 4 aliphatic heterocycles. The Morgan fingerprint density at radius 3 is 1.36 bits per heavy atom. The van der Waals surface area contributed by atoms with Crippen LogP contribution in [0, 0.1) is 0 Å².